The molecule has 34 heavy (non-hydrogen) atoms. The maximum absolute atomic E-state index is 13.1. The number of rotatable bonds is 5. The van der Waals surface area contributed by atoms with Crippen molar-refractivity contribution in [3.8, 4) is 5.75 Å². The first-order valence-electron chi connectivity index (χ1n) is 10.1. The van der Waals surface area contributed by atoms with Crippen LogP contribution < -0.4 is 15.0 Å². The van der Waals surface area contributed by atoms with Gasteiger partial charge in [-0.1, -0.05) is 45.7 Å². The Hall–Kier alpha value is -3.49. The van der Waals surface area contributed by atoms with E-state index in [9.17, 15) is 18.8 Å². The molecule has 0 unspecified atom stereocenters. The van der Waals surface area contributed by atoms with Gasteiger partial charge in [0.15, 0.2) is 0 Å². The van der Waals surface area contributed by atoms with E-state index in [4.69, 9.17) is 16.3 Å². The maximum atomic E-state index is 13.1. The molecule has 9 heteroatoms. The molecule has 0 radical (unpaired) electrons. The SMILES string of the molecule is Cc1cc(Br)ccc1N1C(=O)NC(=O)/C(=C/c2ccc(OCc3ccc(F)cc3)c(Cl)c2)C1=O. The van der Waals surface area contributed by atoms with Crippen LogP contribution in [0.2, 0.25) is 5.02 Å². The van der Waals surface area contributed by atoms with Gasteiger partial charge in [0.05, 0.1) is 10.7 Å². The van der Waals surface area contributed by atoms with Crippen molar-refractivity contribution in [3.63, 3.8) is 0 Å². The Morgan fingerprint density at radius 3 is 2.47 bits per heavy atom. The van der Waals surface area contributed by atoms with Crippen molar-refractivity contribution in [1.29, 1.82) is 0 Å². The average molecular weight is 544 g/mol. The highest BCUT2D eigenvalue weighted by molar-refractivity contribution is 9.10. The summed E-state index contributed by atoms with van der Waals surface area (Å²) < 4.78 is 19.5. The standard InChI is InChI=1S/C25H17BrClFN2O4/c1-14-10-17(26)5-8-21(14)30-24(32)19(23(31)29-25(30)33)11-16-4-9-22(20(27)12-16)34-13-15-2-6-18(28)7-3-15/h2-12H,13H2,1H3,(H,29,31,33)/b19-11-. The second-order valence-electron chi connectivity index (χ2n) is 7.49. The van der Waals surface area contributed by atoms with Gasteiger partial charge in [0.25, 0.3) is 11.8 Å². The first-order chi connectivity index (χ1) is 16.2. The van der Waals surface area contributed by atoms with Crippen molar-refractivity contribution in [2.75, 3.05) is 4.90 Å². The van der Waals surface area contributed by atoms with Crippen LogP contribution in [0.3, 0.4) is 0 Å². The minimum absolute atomic E-state index is 0.185. The summed E-state index contributed by atoms with van der Waals surface area (Å²) in [4.78, 5) is 38.9. The minimum Gasteiger partial charge on any atom is -0.487 e. The molecule has 1 heterocycles. The van der Waals surface area contributed by atoms with E-state index in [0.717, 1.165) is 14.9 Å². The highest BCUT2D eigenvalue weighted by atomic mass is 79.9. The number of amides is 4. The zero-order valence-corrected chi connectivity index (χ0v) is 20.1. The van der Waals surface area contributed by atoms with Crippen molar-refractivity contribution >= 4 is 57.1 Å². The molecule has 0 atom stereocenters. The molecule has 4 amide bonds. The van der Waals surface area contributed by atoms with Crippen molar-refractivity contribution < 1.29 is 23.5 Å². The number of barbiturate groups is 1. The third-order valence-corrected chi connectivity index (χ3v) is 5.86. The number of imide groups is 2. The van der Waals surface area contributed by atoms with Gasteiger partial charge in [0.2, 0.25) is 0 Å². The fourth-order valence-corrected chi connectivity index (χ4v) is 4.10. The molecular weight excluding hydrogens is 527 g/mol. The molecule has 1 N–H and O–H groups in total. The number of halogens is 3. The van der Waals surface area contributed by atoms with Gasteiger partial charge in [0.1, 0.15) is 23.7 Å². The zero-order valence-electron chi connectivity index (χ0n) is 17.8. The van der Waals surface area contributed by atoms with Gasteiger partial charge in [-0.25, -0.2) is 14.1 Å². The number of nitrogens with zero attached hydrogens (tertiary/aromatic N) is 1. The quantitative estimate of drug-likeness (QED) is 0.326. The van der Waals surface area contributed by atoms with E-state index in [1.165, 1.54) is 18.2 Å². The maximum Gasteiger partial charge on any atom is 0.335 e. The van der Waals surface area contributed by atoms with E-state index in [0.29, 0.717) is 22.6 Å². The number of anilines is 1. The molecule has 4 rings (SSSR count). The Labute approximate surface area is 208 Å². The minimum atomic E-state index is -0.819. The normalized spacial score (nSPS) is 15.0. The van der Waals surface area contributed by atoms with E-state index in [2.05, 4.69) is 21.2 Å². The predicted octanol–water partition coefficient (Wildman–Crippen LogP) is 5.80. The van der Waals surface area contributed by atoms with Gasteiger partial charge < -0.3 is 4.74 Å². The molecule has 0 saturated carbocycles. The van der Waals surface area contributed by atoms with Crippen LogP contribution in [0.15, 0.2) is 70.7 Å². The van der Waals surface area contributed by atoms with E-state index < -0.39 is 17.8 Å². The summed E-state index contributed by atoms with van der Waals surface area (Å²) >= 11 is 9.67. The molecule has 3 aromatic carbocycles. The lowest BCUT2D eigenvalue weighted by molar-refractivity contribution is -0.122. The summed E-state index contributed by atoms with van der Waals surface area (Å²) in [6.07, 6.45) is 1.36. The molecule has 0 spiro atoms. The Balaban J connectivity index is 1.57. The van der Waals surface area contributed by atoms with E-state index in [1.807, 2.05) is 0 Å². The smallest absolute Gasteiger partial charge is 0.335 e. The number of hydrogen-bond donors (Lipinski definition) is 1. The molecule has 6 nitrogen and oxygen atoms in total. The Kier molecular flexibility index (Phi) is 6.81. The lowest BCUT2D eigenvalue weighted by Crippen LogP contribution is -2.54. The monoisotopic (exact) mass is 542 g/mol. The molecular formula is C25H17BrClFN2O4. The van der Waals surface area contributed by atoms with Gasteiger partial charge >= 0.3 is 6.03 Å². The number of ether oxygens (including phenoxy) is 1. The molecule has 0 bridgehead atoms. The first-order valence-corrected chi connectivity index (χ1v) is 11.2. The van der Waals surface area contributed by atoms with Gasteiger partial charge in [-0.3, -0.25) is 14.9 Å². The molecule has 1 aliphatic heterocycles. The zero-order chi connectivity index (χ0) is 24.4. The van der Waals surface area contributed by atoms with Crippen LogP contribution in [0.4, 0.5) is 14.9 Å². The Bertz CT molecular complexity index is 1340. The number of aryl methyl sites for hydroxylation is 1. The van der Waals surface area contributed by atoms with Crippen LogP contribution in [0.25, 0.3) is 6.08 Å². The molecule has 1 fully saturated rings. The summed E-state index contributed by atoms with van der Waals surface area (Å²) in [5.41, 5.74) is 2.07. The highest BCUT2D eigenvalue weighted by Gasteiger charge is 2.37. The van der Waals surface area contributed by atoms with Gasteiger partial charge in [-0.05, 0) is 72.2 Å². The number of urea groups is 1. The van der Waals surface area contributed by atoms with Crippen LogP contribution in [-0.4, -0.2) is 17.8 Å². The first kappa shape index (κ1) is 23.7. The molecule has 3 aromatic rings. The summed E-state index contributed by atoms with van der Waals surface area (Å²) in [5, 5.41) is 2.46. The van der Waals surface area contributed by atoms with Crippen LogP contribution in [0.5, 0.6) is 5.75 Å². The van der Waals surface area contributed by atoms with Crippen LogP contribution in [0.1, 0.15) is 16.7 Å². The third-order valence-electron chi connectivity index (χ3n) is 5.08. The van der Waals surface area contributed by atoms with E-state index in [1.54, 1.807) is 55.5 Å². The van der Waals surface area contributed by atoms with Crippen molar-refractivity contribution in [2.24, 2.45) is 0 Å². The molecule has 0 aromatic heterocycles. The summed E-state index contributed by atoms with van der Waals surface area (Å²) in [6, 6.07) is 14.9. The van der Waals surface area contributed by atoms with Crippen molar-refractivity contribution in [1.82, 2.24) is 5.32 Å². The fourth-order valence-electron chi connectivity index (χ4n) is 3.38. The molecule has 1 aliphatic rings. The largest absolute Gasteiger partial charge is 0.487 e. The second-order valence-corrected chi connectivity index (χ2v) is 8.82. The van der Waals surface area contributed by atoms with Crippen LogP contribution >= 0.6 is 27.5 Å². The number of nitrogens with one attached hydrogen (secondary N) is 1. The Morgan fingerprint density at radius 2 is 1.79 bits per heavy atom. The van der Waals surface area contributed by atoms with Crippen molar-refractivity contribution in [2.45, 2.75) is 13.5 Å². The van der Waals surface area contributed by atoms with E-state index in [-0.39, 0.29) is 23.0 Å². The molecule has 172 valence electrons. The fraction of sp³-hybridized carbons (Fsp3) is 0.0800. The van der Waals surface area contributed by atoms with Crippen LogP contribution in [-0.2, 0) is 16.2 Å². The number of carbonyl (C=O) groups excluding carboxylic acids is 3. The number of benzene rings is 3. The summed E-state index contributed by atoms with van der Waals surface area (Å²) in [6.45, 7) is 1.94. The van der Waals surface area contributed by atoms with Gasteiger partial charge in [-0.2, -0.15) is 0 Å². The topological polar surface area (TPSA) is 75.7 Å². The van der Waals surface area contributed by atoms with Crippen molar-refractivity contribution in [3.05, 3.63) is 98.2 Å². The second kappa shape index (κ2) is 9.79. The highest BCUT2D eigenvalue weighted by Crippen LogP contribution is 2.30. The number of hydrogen-bond acceptors (Lipinski definition) is 4. The predicted molar refractivity (Wildman–Crippen MR) is 130 cm³/mol. The number of carbonyl (C=O) groups is 3. The lowest BCUT2D eigenvalue weighted by Gasteiger charge is -2.27. The average Bonchev–Trinajstić information content (AvgIpc) is 2.78. The summed E-state index contributed by atoms with van der Waals surface area (Å²) in [5.74, 6) is -1.49. The third kappa shape index (κ3) is 5.03. The van der Waals surface area contributed by atoms with E-state index >= 15 is 0 Å². The van der Waals surface area contributed by atoms with Gasteiger partial charge in [-0.15, -0.1) is 0 Å². The summed E-state index contributed by atoms with van der Waals surface area (Å²) in [7, 11) is 0. The molecule has 0 aliphatic carbocycles. The molecule has 1 saturated heterocycles. The van der Waals surface area contributed by atoms with Crippen LogP contribution in [0, 0.1) is 12.7 Å². The Morgan fingerprint density at radius 1 is 1.06 bits per heavy atom. The lowest BCUT2D eigenvalue weighted by atomic mass is 10.1. The van der Waals surface area contributed by atoms with Gasteiger partial charge in [0, 0.05) is 4.47 Å².